The van der Waals surface area contributed by atoms with Gasteiger partial charge in [0.15, 0.2) is 28.1 Å². The van der Waals surface area contributed by atoms with Crippen LogP contribution in [-0.2, 0) is 28.8 Å². The fourth-order valence-corrected chi connectivity index (χ4v) is 7.28. The number of carboxylic acids is 2. The van der Waals surface area contributed by atoms with E-state index in [2.05, 4.69) is 15.6 Å². The topological polar surface area (TPSA) is 283 Å². The first-order chi connectivity index (χ1) is 22.2. The standard InChI is InChI=1S/C26H25N7O12S2/c1-10(22(40)41)45-30-16(13-8-46-24(27)28-13)15(35)7-12-20(39)31-9-26(23(42)43,47-21(12)31)32-5-6-33(25(32)44)29-19(38)18(37)11-3-2-4-14(34)17(11)36/h2-4,8,10,12,21,34,36H,5-7,9H2,1H3,(H2,27,28)(H,29,38)(H,40,41)(H,42,43)/b30-16-/t10?,12?,21-,26-/m1/s1. The molecular formula is C26H25N7O12S2. The van der Waals surface area contributed by atoms with Crippen LogP contribution in [0.4, 0.5) is 9.93 Å². The highest BCUT2D eigenvalue weighted by Gasteiger charge is 2.66. The number of phenols is 2. The Balaban J connectivity index is 1.29. The first-order valence-electron chi connectivity index (χ1n) is 13.5. The van der Waals surface area contributed by atoms with E-state index >= 15 is 0 Å². The smallest absolute Gasteiger partial charge is 0.347 e. The number of aromatic nitrogens is 1. The van der Waals surface area contributed by atoms with Gasteiger partial charge in [-0.25, -0.2) is 24.4 Å². The van der Waals surface area contributed by atoms with E-state index in [0.717, 1.165) is 40.1 Å². The number of fused-ring (bicyclic) bond motifs is 1. The highest BCUT2D eigenvalue weighted by molar-refractivity contribution is 8.02. The second-order valence-corrected chi connectivity index (χ2v) is 12.7. The molecule has 21 heteroatoms. The van der Waals surface area contributed by atoms with Crippen molar-refractivity contribution >= 4 is 75.3 Å². The largest absolute Gasteiger partial charge is 0.504 e. The maximum absolute atomic E-state index is 13.3. The zero-order valence-electron chi connectivity index (χ0n) is 24.1. The molecule has 3 fully saturated rings. The molecule has 7 N–H and O–H groups in total. The molecule has 248 valence electrons. The van der Waals surface area contributed by atoms with Gasteiger partial charge in [0.2, 0.25) is 16.9 Å². The Bertz CT molecular complexity index is 1750. The van der Waals surface area contributed by atoms with Crippen molar-refractivity contribution < 1.29 is 58.8 Å². The van der Waals surface area contributed by atoms with Crippen molar-refractivity contribution in [3.8, 4) is 11.5 Å². The number of amides is 4. The fourth-order valence-electron chi connectivity index (χ4n) is 5.04. The van der Waals surface area contributed by atoms with E-state index in [4.69, 9.17) is 15.7 Å². The number of nitrogens with zero attached hydrogens (tertiary/aromatic N) is 5. The Morgan fingerprint density at radius 3 is 2.55 bits per heavy atom. The summed E-state index contributed by atoms with van der Waals surface area (Å²) in [5.74, 6) is -9.33. The number of aliphatic carboxylic acids is 2. The summed E-state index contributed by atoms with van der Waals surface area (Å²) in [6, 6.07) is 2.39. The highest BCUT2D eigenvalue weighted by atomic mass is 32.2. The number of carbonyl (C=O) groups excluding carboxylic acids is 5. The number of hydrogen-bond acceptors (Lipinski definition) is 15. The van der Waals surface area contributed by atoms with Crippen molar-refractivity contribution in [2.45, 2.75) is 29.7 Å². The number of nitrogens with one attached hydrogen (secondary N) is 1. The first-order valence-corrected chi connectivity index (χ1v) is 15.3. The molecule has 19 nitrogen and oxygen atoms in total. The van der Waals surface area contributed by atoms with Crippen LogP contribution in [0.3, 0.4) is 0 Å². The van der Waals surface area contributed by atoms with Crippen LogP contribution in [0.1, 0.15) is 29.4 Å². The zero-order chi connectivity index (χ0) is 34.4. The third-order valence-electron chi connectivity index (χ3n) is 7.52. The maximum Gasteiger partial charge on any atom is 0.347 e. The first kappa shape index (κ1) is 32.9. The third-order valence-corrected chi connectivity index (χ3v) is 9.93. The second kappa shape index (κ2) is 12.4. The number of carboxylic acid groups (broad SMARTS) is 2. The number of phenolic OH excluding ortho intramolecular Hbond substituents is 2. The summed E-state index contributed by atoms with van der Waals surface area (Å²) >= 11 is 1.72. The van der Waals surface area contributed by atoms with Gasteiger partial charge in [-0.05, 0) is 19.1 Å². The predicted molar refractivity (Wildman–Crippen MR) is 159 cm³/mol. The summed E-state index contributed by atoms with van der Waals surface area (Å²) in [5, 5.41) is 43.9. The number of aromatic hydroxyl groups is 2. The molecule has 47 heavy (non-hydrogen) atoms. The average molecular weight is 692 g/mol. The number of ketones is 2. The Labute approximate surface area is 271 Å². The Morgan fingerprint density at radius 1 is 1.19 bits per heavy atom. The lowest BCUT2D eigenvalue weighted by Gasteiger charge is -2.40. The lowest BCUT2D eigenvalue weighted by Crippen LogP contribution is -2.60. The number of nitrogen functional groups attached to an aromatic ring is 1. The van der Waals surface area contributed by atoms with Gasteiger partial charge in [0.25, 0.3) is 5.78 Å². The number of urea groups is 1. The molecule has 4 heterocycles. The molecule has 0 bridgehead atoms. The molecule has 0 aliphatic carbocycles. The minimum Gasteiger partial charge on any atom is -0.504 e. The Kier molecular flexibility index (Phi) is 8.69. The lowest BCUT2D eigenvalue weighted by molar-refractivity contribution is -0.154. The van der Waals surface area contributed by atoms with Gasteiger partial charge < -0.3 is 35.9 Å². The SMILES string of the molecule is CC(O/N=C(\C(=O)CC1C(=O)N2C[C@@](C(=O)O)(N3CCN(NC(=O)C(=O)c4cccc(O)c4O)C3=O)S[C@H]12)c1csc(N)n1)C(=O)O. The van der Waals surface area contributed by atoms with Crippen LogP contribution in [-0.4, -0.2) is 123 Å². The van der Waals surface area contributed by atoms with Crippen molar-refractivity contribution in [3.05, 3.63) is 34.8 Å². The number of carbonyl (C=O) groups is 7. The van der Waals surface area contributed by atoms with Gasteiger partial charge in [0, 0.05) is 18.3 Å². The molecule has 3 aliphatic rings. The molecule has 4 atom stereocenters. The molecule has 2 aromatic rings. The van der Waals surface area contributed by atoms with Gasteiger partial charge in [0.05, 0.1) is 29.9 Å². The molecule has 0 spiro atoms. The number of para-hydroxylation sites is 1. The molecule has 1 aromatic carbocycles. The Morgan fingerprint density at radius 2 is 1.91 bits per heavy atom. The van der Waals surface area contributed by atoms with Crippen molar-refractivity contribution in [2.75, 3.05) is 25.4 Å². The van der Waals surface area contributed by atoms with Crippen molar-refractivity contribution in [2.24, 2.45) is 11.1 Å². The van der Waals surface area contributed by atoms with Crippen LogP contribution >= 0.6 is 23.1 Å². The number of nitrogens with two attached hydrogens (primary N) is 1. The third kappa shape index (κ3) is 5.85. The summed E-state index contributed by atoms with van der Waals surface area (Å²) < 4.78 is 0. The summed E-state index contributed by atoms with van der Waals surface area (Å²) in [6.07, 6.45) is -1.90. The molecule has 3 saturated heterocycles. The van der Waals surface area contributed by atoms with Crippen LogP contribution in [0.25, 0.3) is 0 Å². The molecule has 4 amide bonds. The average Bonchev–Trinajstić information content (AvgIpc) is 3.73. The van der Waals surface area contributed by atoms with Crippen LogP contribution in [0.5, 0.6) is 11.5 Å². The molecule has 5 rings (SSSR count). The van der Waals surface area contributed by atoms with Crippen molar-refractivity contribution in [3.63, 3.8) is 0 Å². The normalized spacial score (nSPS) is 22.8. The second-order valence-electron chi connectivity index (χ2n) is 10.4. The number of rotatable bonds is 12. The number of β-lactam (4-membered cyclic amide) rings is 1. The quantitative estimate of drug-likeness (QED) is 0.0399. The number of benzene rings is 1. The predicted octanol–water partition coefficient (Wildman–Crippen LogP) is -0.747. The minimum atomic E-state index is -2.03. The van der Waals surface area contributed by atoms with Crippen LogP contribution in [0.2, 0.25) is 0 Å². The van der Waals surface area contributed by atoms with Gasteiger partial charge >= 0.3 is 23.9 Å². The molecule has 1 aromatic heterocycles. The number of anilines is 1. The molecule has 0 saturated carbocycles. The number of oxime groups is 1. The van der Waals surface area contributed by atoms with Gasteiger partial charge in [-0.1, -0.05) is 23.0 Å². The summed E-state index contributed by atoms with van der Waals surface area (Å²) in [6.45, 7) is 0.254. The van der Waals surface area contributed by atoms with Crippen LogP contribution < -0.4 is 11.2 Å². The van der Waals surface area contributed by atoms with Gasteiger partial charge in [0.1, 0.15) is 5.69 Å². The van der Waals surface area contributed by atoms with E-state index in [1.165, 1.54) is 23.3 Å². The number of Topliss-reactive ketones (excluding diaryl/α,β-unsaturated/α-hetero) is 2. The molecular weight excluding hydrogens is 666 g/mol. The van der Waals surface area contributed by atoms with Gasteiger partial charge in [-0.3, -0.25) is 29.5 Å². The molecule has 0 radical (unpaired) electrons. The summed E-state index contributed by atoms with van der Waals surface area (Å²) in [4.78, 5) is 97.7. The van der Waals surface area contributed by atoms with Gasteiger partial charge in [-0.2, -0.15) is 0 Å². The van der Waals surface area contributed by atoms with E-state index in [-0.39, 0.29) is 29.6 Å². The van der Waals surface area contributed by atoms with E-state index in [1.807, 2.05) is 0 Å². The lowest BCUT2D eigenvalue weighted by atomic mass is 9.90. The van der Waals surface area contributed by atoms with Crippen LogP contribution in [0.15, 0.2) is 28.7 Å². The summed E-state index contributed by atoms with van der Waals surface area (Å²) in [5.41, 5.74) is 6.81. The highest BCUT2D eigenvalue weighted by Crippen LogP contribution is 2.52. The molecule has 3 aliphatic heterocycles. The van der Waals surface area contributed by atoms with E-state index in [1.54, 1.807) is 0 Å². The van der Waals surface area contributed by atoms with E-state index in [0.29, 0.717) is 5.01 Å². The van der Waals surface area contributed by atoms with Crippen LogP contribution in [0, 0.1) is 5.92 Å². The molecule has 2 unspecified atom stereocenters. The van der Waals surface area contributed by atoms with E-state index < -0.39 is 93.6 Å². The zero-order valence-corrected chi connectivity index (χ0v) is 25.7. The number of hydrogen-bond donors (Lipinski definition) is 6. The monoisotopic (exact) mass is 691 g/mol. The maximum atomic E-state index is 13.3. The number of thioether (sulfide) groups is 1. The van der Waals surface area contributed by atoms with Crippen molar-refractivity contribution in [1.29, 1.82) is 0 Å². The summed E-state index contributed by atoms with van der Waals surface area (Å²) in [7, 11) is 0. The minimum absolute atomic E-state index is 0.0137. The van der Waals surface area contributed by atoms with Gasteiger partial charge in [-0.15, -0.1) is 11.3 Å². The Hall–Kier alpha value is -5.44. The number of hydrazine groups is 1. The van der Waals surface area contributed by atoms with Crippen molar-refractivity contribution in [1.82, 2.24) is 25.2 Å². The number of thiazole rings is 1. The van der Waals surface area contributed by atoms with E-state index in [9.17, 15) is 48.9 Å². The fraction of sp³-hybridized carbons (Fsp3) is 0.346.